The minimum Gasteiger partial charge on any atom is -0.496 e. The summed E-state index contributed by atoms with van der Waals surface area (Å²) in [5, 5.41) is 9.20. The number of benzene rings is 3. The molecule has 0 aliphatic carbocycles. The molecule has 0 aliphatic heterocycles. The van der Waals surface area contributed by atoms with Crippen LogP contribution in [0.2, 0.25) is 0 Å². The number of halogens is 1. The van der Waals surface area contributed by atoms with Crippen LogP contribution in [0.5, 0.6) is 5.75 Å². The van der Waals surface area contributed by atoms with Crippen LogP contribution in [-0.2, 0) is 6.54 Å². The van der Waals surface area contributed by atoms with Crippen LogP contribution in [0.15, 0.2) is 70.5 Å². The van der Waals surface area contributed by atoms with Crippen molar-refractivity contribution < 1.29 is 4.74 Å². The highest BCUT2D eigenvalue weighted by Gasteiger charge is 2.12. The molecule has 1 unspecified atom stereocenters. The minimum absolute atomic E-state index is 0.246. The molecule has 3 nitrogen and oxygen atoms in total. The number of methoxy groups -OCH3 is 1. The number of nitrogens with zero attached hydrogens (tertiary/aromatic N) is 1. The number of thiazole rings is 1. The number of rotatable bonds is 6. The van der Waals surface area contributed by atoms with Gasteiger partial charge in [-0.25, -0.2) is 4.98 Å². The Morgan fingerprint density at radius 2 is 1.89 bits per heavy atom. The van der Waals surface area contributed by atoms with E-state index < -0.39 is 0 Å². The largest absolute Gasteiger partial charge is 0.496 e. The van der Waals surface area contributed by atoms with Crippen molar-refractivity contribution in [3.63, 3.8) is 0 Å². The molecule has 0 saturated carbocycles. The number of fused-ring (bicyclic) bond motifs is 1. The average Bonchev–Trinajstić information content (AvgIpc) is 3.20. The van der Waals surface area contributed by atoms with E-state index in [2.05, 4.69) is 76.0 Å². The summed E-state index contributed by atoms with van der Waals surface area (Å²) in [7, 11) is 1.69. The van der Waals surface area contributed by atoms with E-state index in [0.717, 1.165) is 33.0 Å². The Morgan fingerprint density at radius 1 is 1.07 bits per heavy atom. The Morgan fingerprint density at radius 3 is 2.71 bits per heavy atom. The molecule has 0 fully saturated rings. The molecular formula is C23H21BrN2OS. The van der Waals surface area contributed by atoms with Crippen LogP contribution >= 0.6 is 27.3 Å². The van der Waals surface area contributed by atoms with E-state index in [4.69, 9.17) is 9.72 Å². The molecule has 1 heterocycles. The topological polar surface area (TPSA) is 34.1 Å². The summed E-state index contributed by atoms with van der Waals surface area (Å²) in [6.45, 7) is 2.91. The quantitative estimate of drug-likeness (QED) is 0.358. The first-order chi connectivity index (χ1) is 13.6. The molecule has 0 radical (unpaired) electrons. The third kappa shape index (κ3) is 4.12. The summed E-state index contributed by atoms with van der Waals surface area (Å²) >= 11 is 5.17. The highest BCUT2D eigenvalue weighted by Crippen LogP contribution is 2.34. The fraction of sp³-hybridized carbons (Fsp3) is 0.174. The van der Waals surface area contributed by atoms with Gasteiger partial charge in [0.25, 0.3) is 0 Å². The van der Waals surface area contributed by atoms with Crippen molar-refractivity contribution in [3.05, 3.63) is 81.8 Å². The van der Waals surface area contributed by atoms with Gasteiger partial charge in [0.1, 0.15) is 10.8 Å². The SMILES string of the molecule is COc1ccc(Br)cc1-c1nc(CNC(C)c2ccc3ccccc3c2)cs1. The predicted octanol–water partition coefficient (Wildman–Crippen LogP) is 6.59. The molecule has 4 rings (SSSR count). The van der Waals surface area contributed by atoms with Crippen molar-refractivity contribution in [2.75, 3.05) is 7.11 Å². The summed E-state index contributed by atoms with van der Waals surface area (Å²) in [5.74, 6) is 0.835. The van der Waals surface area contributed by atoms with E-state index in [-0.39, 0.29) is 6.04 Å². The first-order valence-electron chi connectivity index (χ1n) is 9.14. The maximum absolute atomic E-state index is 5.49. The first-order valence-corrected chi connectivity index (χ1v) is 10.8. The fourth-order valence-corrected chi connectivity index (χ4v) is 4.41. The van der Waals surface area contributed by atoms with Gasteiger partial charge in [0, 0.05) is 22.4 Å². The first kappa shape index (κ1) is 19.1. The summed E-state index contributed by atoms with van der Waals surface area (Å²) in [6, 6.07) is 21.3. The molecule has 5 heteroatoms. The van der Waals surface area contributed by atoms with Gasteiger partial charge in [-0.3, -0.25) is 0 Å². The molecule has 1 N–H and O–H groups in total. The number of hydrogen-bond acceptors (Lipinski definition) is 4. The zero-order valence-electron chi connectivity index (χ0n) is 15.8. The van der Waals surface area contributed by atoms with E-state index in [1.165, 1.54) is 16.3 Å². The molecule has 0 spiro atoms. The molecule has 1 atom stereocenters. The van der Waals surface area contributed by atoms with Crippen LogP contribution in [-0.4, -0.2) is 12.1 Å². The molecule has 4 aromatic rings. The van der Waals surface area contributed by atoms with Gasteiger partial charge in [-0.05, 0) is 47.5 Å². The normalized spacial score (nSPS) is 12.2. The lowest BCUT2D eigenvalue weighted by Gasteiger charge is -2.14. The number of aromatic nitrogens is 1. The van der Waals surface area contributed by atoms with Gasteiger partial charge in [-0.1, -0.05) is 52.3 Å². The van der Waals surface area contributed by atoms with E-state index in [1.54, 1.807) is 18.4 Å². The maximum Gasteiger partial charge on any atom is 0.129 e. The van der Waals surface area contributed by atoms with Crippen LogP contribution < -0.4 is 10.1 Å². The maximum atomic E-state index is 5.49. The summed E-state index contributed by atoms with van der Waals surface area (Å²) < 4.78 is 6.50. The number of nitrogens with one attached hydrogen (secondary N) is 1. The van der Waals surface area contributed by atoms with Gasteiger partial charge in [0.15, 0.2) is 0 Å². The van der Waals surface area contributed by atoms with Crippen molar-refractivity contribution in [2.45, 2.75) is 19.5 Å². The monoisotopic (exact) mass is 452 g/mol. The highest BCUT2D eigenvalue weighted by atomic mass is 79.9. The van der Waals surface area contributed by atoms with E-state index in [1.807, 2.05) is 18.2 Å². The minimum atomic E-state index is 0.246. The van der Waals surface area contributed by atoms with Crippen LogP contribution in [0.3, 0.4) is 0 Å². The summed E-state index contributed by atoms with van der Waals surface area (Å²) in [6.07, 6.45) is 0. The predicted molar refractivity (Wildman–Crippen MR) is 121 cm³/mol. The molecular weight excluding hydrogens is 432 g/mol. The van der Waals surface area contributed by atoms with E-state index in [0.29, 0.717) is 0 Å². The van der Waals surface area contributed by atoms with Crippen LogP contribution in [0, 0.1) is 0 Å². The molecule has 3 aromatic carbocycles. The Bertz CT molecular complexity index is 1110. The lowest BCUT2D eigenvalue weighted by Crippen LogP contribution is -2.18. The van der Waals surface area contributed by atoms with E-state index >= 15 is 0 Å². The van der Waals surface area contributed by atoms with Crippen molar-refractivity contribution in [1.29, 1.82) is 0 Å². The van der Waals surface area contributed by atoms with Crippen molar-refractivity contribution >= 4 is 38.0 Å². The molecule has 0 bridgehead atoms. The van der Waals surface area contributed by atoms with Gasteiger partial charge in [0.2, 0.25) is 0 Å². The van der Waals surface area contributed by atoms with Crippen molar-refractivity contribution in [3.8, 4) is 16.3 Å². The van der Waals surface area contributed by atoms with Gasteiger partial charge in [-0.15, -0.1) is 11.3 Å². The van der Waals surface area contributed by atoms with Gasteiger partial charge < -0.3 is 10.1 Å². The van der Waals surface area contributed by atoms with Crippen molar-refractivity contribution in [1.82, 2.24) is 10.3 Å². The Balaban J connectivity index is 1.47. The van der Waals surface area contributed by atoms with Crippen molar-refractivity contribution in [2.24, 2.45) is 0 Å². The molecule has 0 aliphatic rings. The Hall–Kier alpha value is -2.21. The van der Waals surface area contributed by atoms with Crippen LogP contribution in [0.1, 0.15) is 24.2 Å². The standard InChI is InChI=1S/C23H21BrN2OS/c1-15(17-8-7-16-5-3-4-6-18(16)11-17)25-13-20-14-28-23(26-20)21-12-19(24)9-10-22(21)27-2/h3-12,14-15,25H,13H2,1-2H3. The third-order valence-electron chi connectivity index (χ3n) is 4.81. The average molecular weight is 453 g/mol. The van der Waals surface area contributed by atoms with Gasteiger partial charge in [-0.2, -0.15) is 0 Å². The number of hydrogen-bond donors (Lipinski definition) is 1. The Labute approximate surface area is 177 Å². The van der Waals surface area contributed by atoms with Crippen LogP contribution in [0.25, 0.3) is 21.3 Å². The molecule has 1 aromatic heterocycles. The summed E-state index contributed by atoms with van der Waals surface area (Å²) in [5.41, 5.74) is 3.33. The zero-order chi connectivity index (χ0) is 19.5. The smallest absolute Gasteiger partial charge is 0.129 e. The van der Waals surface area contributed by atoms with Gasteiger partial charge in [0.05, 0.1) is 18.4 Å². The Kier molecular flexibility index (Phi) is 5.76. The molecule has 28 heavy (non-hydrogen) atoms. The van der Waals surface area contributed by atoms with Crippen LogP contribution in [0.4, 0.5) is 0 Å². The number of ether oxygens (including phenoxy) is 1. The van der Waals surface area contributed by atoms with E-state index in [9.17, 15) is 0 Å². The lowest BCUT2D eigenvalue weighted by atomic mass is 10.0. The second kappa shape index (κ2) is 8.43. The zero-order valence-corrected chi connectivity index (χ0v) is 18.2. The lowest BCUT2D eigenvalue weighted by molar-refractivity contribution is 0.416. The van der Waals surface area contributed by atoms with Gasteiger partial charge >= 0.3 is 0 Å². The third-order valence-corrected chi connectivity index (χ3v) is 6.22. The summed E-state index contributed by atoms with van der Waals surface area (Å²) in [4.78, 5) is 4.80. The molecule has 142 valence electrons. The molecule has 0 saturated heterocycles. The molecule has 0 amide bonds. The highest BCUT2D eigenvalue weighted by molar-refractivity contribution is 9.10. The fourth-order valence-electron chi connectivity index (χ4n) is 3.21. The second-order valence-corrected chi connectivity index (χ2v) is 8.47. The second-order valence-electron chi connectivity index (χ2n) is 6.70.